The van der Waals surface area contributed by atoms with Crippen molar-refractivity contribution in [2.45, 2.75) is 13.0 Å². The number of benzene rings is 1. The number of nitrogens with one attached hydrogen (secondary N) is 1. The Hall–Kier alpha value is -1.56. The van der Waals surface area contributed by atoms with Gasteiger partial charge in [-0.05, 0) is 17.9 Å². The van der Waals surface area contributed by atoms with Crippen LogP contribution >= 0.6 is 0 Å². The quantitative estimate of drug-likeness (QED) is 0.909. The monoisotopic (exact) mass is 296 g/mol. The molecule has 1 aliphatic heterocycles. The van der Waals surface area contributed by atoms with Gasteiger partial charge in [-0.1, -0.05) is 30.3 Å². The standard InChI is InChI=1S/C14H20N2O3S/c1-16(10-12-5-3-2-4-6-12)14(17)15-9-13-7-8-20(18,19)11-13/h2-6,13H,7-11H2,1H3,(H,15,17). The first-order valence-corrected chi connectivity index (χ1v) is 8.52. The Morgan fingerprint density at radius 2 is 2.05 bits per heavy atom. The van der Waals surface area contributed by atoms with Crippen LogP contribution < -0.4 is 5.32 Å². The lowest BCUT2D eigenvalue weighted by Crippen LogP contribution is -2.39. The Morgan fingerprint density at radius 1 is 1.35 bits per heavy atom. The van der Waals surface area contributed by atoms with Crippen molar-refractivity contribution in [3.63, 3.8) is 0 Å². The minimum Gasteiger partial charge on any atom is -0.338 e. The first-order chi connectivity index (χ1) is 9.46. The number of carbonyl (C=O) groups is 1. The van der Waals surface area contributed by atoms with Crippen LogP contribution in [0.2, 0.25) is 0 Å². The van der Waals surface area contributed by atoms with Gasteiger partial charge in [-0.2, -0.15) is 0 Å². The summed E-state index contributed by atoms with van der Waals surface area (Å²) in [5, 5.41) is 2.80. The van der Waals surface area contributed by atoms with Crippen LogP contribution in [0.25, 0.3) is 0 Å². The number of amides is 2. The average molecular weight is 296 g/mol. The second-order valence-electron chi connectivity index (χ2n) is 5.30. The van der Waals surface area contributed by atoms with Gasteiger partial charge >= 0.3 is 6.03 Å². The van der Waals surface area contributed by atoms with Gasteiger partial charge < -0.3 is 10.2 Å². The molecular weight excluding hydrogens is 276 g/mol. The molecule has 1 unspecified atom stereocenters. The van der Waals surface area contributed by atoms with E-state index in [4.69, 9.17) is 0 Å². The Morgan fingerprint density at radius 3 is 2.65 bits per heavy atom. The van der Waals surface area contributed by atoms with Crippen LogP contribution in [0.1, 0.15) is 12.0 Å². The molecule has 5 nitrogen and oxygen atoms in total. The van der Waals surface area contributed by atoms with E-state index < -0.39 is 9.84 Å². The molecule has 1 heterocycles. The highest BCUT2D eigenvalue weighted by Gasteiger charge is 2.28. The van der Waals surface area contributed by atoms with Gasteiger partial charge in [0.2, 0.25) is 0 Å². The molecule has 1 aromatic carbocycles. The molecule has 6 heteroatoms. The van der Waals surface area contributed by atoms with Crippen molar-refractivity contribution in [1.82, 2.24) is 10.2 Å². The van der Waals surface area contributed by atoms with Crippen LogP contribution in [0.4, 0.5) is 4.79 Å². The fourth-order valence-corrected chi connectivity index (χ4v) is 4.19. The maximum Gasteiger partial charge on any atom is 0.317 e. The average Bonchev–Trinajstić information content (AvgIpc) is 2.76. The van der Waals surface area contributed by atoms with E-state index in [-0.39, 0.29) is 23.5 Å². The fraction of sp³-hybridized carbons (Fsp3) is 0.500. The molecule has 0 bridgehead atoms. The third-order valence-corrected chi connectivity index (χ3v) is 5.31. The highest BCUT2D eigenvalue weighted by atomic mass is 32.2. The zero-order valence-corrected chi connectivity index (χ0v) is 12.4. The van der Waals surface area contributed by atoms with Crippen LogP contribution in [0.3, 0.4) is 0 Å². The molecule has 0 radical (unpaired) electrons. The van der Waals surface area contributed by atoms with E-state index >= 15 is 0 Å². The van der Waals surface area contributed by atoms with Gasteiger partial charge in [-0.25, -0.2) is 13.2 Å². The Labute approximate surface area is 119 Å². The van der Waals surface area contributed by atoms with Crippen LogP contribution in [-0.2, 0) is 16.4 Å². The number of carbonyl (C=O) groups excluding carboxylic acids is 1. The largest absolute Gasteiger partial charge is 0.338 e. The van der Waals surface area contributed by atoms with Gasteiger partial charge in [-0.3, -0.25) is 0 Å². The predicted molar refractivity (Wildman–Crippen MR) is 78.1 cm³/mol. The Bertz CT molecular complexity index is 557. The molecule has 1 aliphatic rings. The summed E-state index contributed by atoms with van der Waals surface area (Å²) < 4.78 is 22.7. The summed E-state index contributed by atoms with van der Waals surface area (Å²) >= 11 is 0. The smallest absolute Gasteiger partial charge is 0.317 e. The Balaban J connectivity index is 1.77. The van der Waals surface area contributed by atoms with E-state index in [2.05, 4.69) is 5.32 Å². The summed E-state index contributed by atoms with van der Waals surface area (Å²) in [4.78, 5) is 13.5. The van der Waals surface area contributed by atoms with E-state index in [1.807, 2.05) is 30.3 Å². The molecule has 1 fully saturated rings. The van der Waals surface area contributed by atoms with Crippen molar-refractivity contribution < 1.29 is 13.2 Å². The summed E-state index contributed by atoms with van der Waals surface area (Å²) in [6.07, 6.45) is 0.644. The van der Waals surface area contributed by atoms with Gasteiger partial charge in [0.1, 0.15) is 0 Å². The molecule has 0 spiro atoms. The highest BCUT2D eigenvalue weighted by Crippen LogP contribution is 2.17. The number of hydrogen-bond donors (Lipinski definition) is 1. The van der Waals surface area contributed by atoms with Crippen LogP contribution in [-0.4, -0.2) is 44.4 Å². The lowest BCUT2D eigenvalue weighted by Gasteiger charge is -2.19. The minimum absolute atomic E-state index is 0.0501. The molecule has 1 atom stereocenters. The summed E-state index contributed by atoms with van der Waals surface area (Å²) in [7, 11) is -1.15. The minimum atomic E-state index is -2.88. The second-order valence-corrected chi connectivity index (χ2v) is 7.53. The van der Waals surface area contributed by atoms with E-state index in [1.54, 1.807) is 11.9 Å². The lowest BCUT2D eigenvalue weighted by molar-refractivity contribution is 0.205. The molecule has 0 aliphatic carbocycles. The zero-order chi connectivity index (χ0) is 14.6. The SMILES string of the molecule is CN(Cc1ccccc1)C(=O)NCC1CCS(=O)(=O)C1. The van der Waals surface area contributed by atoms with Crippen LogP contribution in [0.15, 0.2) is 30.3 Å². The van der Waals surface area contributed by atoms with Crippen molar-refractivity contribution in [3.8, 4) is 0 Å². The van der Waals surface area contributed by atoms with E-state index in [1.165, 1.54) is 0 Å². The maximum absolute atomic E-state index is 11.9. The number of rotatable bonds is 4. The van der Waals surface area contributed by atoms with Gasteiger partial charge in [0.15, 0.2) is 9.84 Å². The van der Waals surface area contributed by atoms with Gasteiger partial charge in [0.25, 0.3) is 0 Å². The fourth-order valence-electron chi connectivity index (χ4n) is 2.33. The number of hydrogen-bond acceptors (Lipinski definition) is 3. The Kier molecular flexibility index (Phi) is 4.65. The molecule has 2 amide bonds. The molecule has 1 N–H and O–H groups in total. The molecule has 0 aromatic heterocycles. The van der Waals surface area contributed by atoms with Crippen LogP contribution in [0.5, 0.6) is 0 Å². The molecule has 1 saturated heterocycles. The molecule has 20 heavy (non-hydrogen) atoms. The number of urea groups is 1. The summed E-state index contributed by atoms with van der Waals surface area (Å²) in [6.45, 7) is 0.965. The van der Waals surface area contributed by atoms with Crippen molar-refractivity contribution in [1.29, 1.82) is 0 Å². The van der Waals surface area contributed by atoms with Crippen molar-refractivity contribution >= 4 is 15.9 Å². The van der Waals surface area contributed by atoms with E-state index in [0.717, 1.165) is 5.56 Å². The number of nitrogens with zero attached hydrogens (tertiary/aromatic N) is 1. The normalized spacial score (nSPS) is 20.6. The maximum atomic E-state index is 11.9. The van der Waals surface area contributed by atoms with Crippen molar-refractivity contribution in [2.24, 2.45) is 5.92 Å². The summed E-state index contributed by atoms with van der Waals surface area (Å²) in [5.41, 5.74) is 1.06. The second kappa shape index (κ2) is 6.26. The molecule has 2 rings (SSSR count). The molecule has 110 valence electrons. The van der Waals surface area contributed by atoms with Crippen LogP contribution in [0, 0.1) is 5.92 Å². The zero-order valence-electron chi connectivity index (χ0n) is 11.6. The first kappa shape index (κ1) is 14.8. The first-order valence-electron chi connectivity index (χ1n) is 6.69. The number of sulfone groups is 1. The molecule has 0 saturated carbocycles. The topological polar surface area (TPSA) is 66.5 Å². The summed E-state index contributed by atoms with van der Waals surface area (Å²) in [6, 6.07) is 9.57. The third-order valence-electron chi connectivity index (χ3n) is 3.48. The van der Waals surface area contributed by atoms with E-state index in [0.29, 0.717) is 19.5 Å². The third kappa shape index (κ3) is 4.23. The van der Waals surface area contributed by atoms with E-state index in [9.17, 15) is 13.2 Å². The van der Waals surface area contributed by atoms with Gasteiger partial charge in [0.05, 0.1) is 11.5 Å². The highest BCUT2D eigenvalue weighted by molar-refractivity contribution is 7.91. The summed E-state index contributed by atoms with van der Waals surface area (Å²) in [5.74, 6) is 0.484. The van der Waals surface area contributed by atoms with Crippen molar-refractivity contribution in [3.05, 3.63) is 35.9 Å². The molecular formula is C14H20N2O3S. The molecule has 1 aromatic rings. The van der Waals surface area contributed by atoms with Gasteiger partial charge in [0, 0.05) is 20.1 Å². The lowest BCUT2D eigenvalue weighted by atomic mass is 10.1. The van der Waals surface area contributed by atoms with Gasteiger partial charge in [-0.15, -0.1) is 0 Å². The van der Waals surface area contributed by atoms with Crippen molar-refractivity contribution in [2.75, 3.05) is 25.1 Å². The predicted octanol–water partition coefficient (Wildman–Crippen LogP) is 1.26.